The van der Waals surface area contributed by atoms with Gasteiger partial charge in [0.15, 0.2) is 11.6 Å². The molecule has 0 spiro atoms. The Morgan fingerprint density at radius 3 is 2.81 bits per heavy atom. The van der Waals surface area contributed by atoms with Crippen LogP contribution in [0.4, 0.5) is 10.1 Å². The molecule has 0 bridgehead atoms. The molecule has 0 atom stereocenters. The van der Waals surface area contributed by atoms with Crippen molar-refractivity contribution >= 4 is 17.3 Å². The van der Waals surface area contributed by atoms with E-state index in [9.17, 15) is 14.5 Å². The number of nitrogens with one attached hydrogen (secondary N) is 1. The highest BCUT2D eigenvalue weighted by Gasteiger charge is 2.19. The summed E-state index contributed by atoms with van der Waals surface area (Å²) in [5.41, 5.74) is 0.239. The molecule has 0 saturated heterocycles. The predicted molar refractivity (Wildman–Crippen MR) is 77.3 cm³/mol. The van der Waals surface area contributed by atoms with Crippen LogP contribution in [0, 0.1) is 15.9 Å². The first-order valence-electron chi connectivity index (χ1n) is 6.06. The molecule has 0 aliphatic heterocycles. The van der Waals surface area contributed by atoms with E-state index < -0.39 is 10.7 Å². The highest BCUT2D eigenvalue weighted by molar-refractivity contribution is 6.30. The van der Waals surface area contributed by atoms with Crippen LogP contribution in [0.2, 0.25) is 5.02 Å². The summed E-state index contributed by atoms with van der Waals surface area (Å²) in [6.07, 6.45) is 0. The number of para-hydroxylation sites is 1. The van der Waals surface area contributed by atoms with Gasteiger partial charge in [-0.15, -0.1) is 0 Å². The molecule has 0 radical (unpaired) electrons. The van der Waals surface area contributed by atoms with Crippen molar-refractivity contribution in [1.29, 1.82) is 0 Å². The number of nitrogens with zero attached hydrogens (tertiary/aromatic N) is 1. The van der Waals surface area contributed by atoms with Crippen molar-refractivity contribution in [2.45, 2.75) is 6.54 Å². The molecule has 0 heterocycles. The topological polar surface area (TPSA) is 64.4 Å². The molecular formula is C14H12ClFN2O3. The second-order valence-electron chi connectivity index (χ2n) is 4.23. The first kappa shape index (κ1) is 15.2. The molecule has 5 nitrogen and oxygen atoms in total. The SMILES string of the molecule is CNCc1cccc(F)c1Oc1ccc(Cl)cc1[N+](=O)[O-]. The molecule has 2 aromatic rings. The molecule has 0 fully saturated rings. The Hall–Kier alpha value is -2.18. The van der Waals surface area contributed by atoms with Gasteiger partial charge in [-0.2, -0.15) is 0 Å². The third kappa shape index (κ3) is 3.48. The highest BCUT2D eigenvalue weighted by Crippen LogP contribution is 2.36. The van der Waals surface area contributed by atoms with Gasteiger partial charge in [0, 0.05) is 23.2 Å². The molecule has 1 N–H and O–H groups in total. The van der Waals surface area contributed by atoms with E-state index in [4.69, 9.17) is 16.3 Å². The van der Waals surface area contributed by atoms with E-state index in [1.54, 1.807) is 19.2 Å². The summed E-state index contributed by atoms with van der Waals surface area (Å²) in [7, 11) is 1.71. The van der Waals surface area contributed by atoms with Gasteiger partial charge in [-0.1, -0.05) is 23.7 Å². The normalized spacial score (nSPS) is 10.4. The first-order chi connectivity index (χ1) is 10.0. The van der Waals surface area contributed by atoms with Gasteiger partial charge in [0.1, 0.15) is 0 Å². The molecule has 0 aliphatic carbocycles. The summed E-state index contributed by atoms with van der Waals surface area (Å²) >= 11 is 5.73. The quantitative estimate of drug-likeness (QED) is 0.672. The van der Waals surface area contributed by atoms with Crippen LogP contribution < -0.4 is 10.1 Å². The monoisotopic (exact) mass is 310 g/mol. The van der Waals surface area contributed by atoms with Gasteiger partial charge in [0.2, 0.25) is 5.75 Å². The molecule has 0 aromatic heterocycles. The number of nitro groups is 1. The lowest BCUT2D eigenvalue weighted by molar-refractivity contribution is -0.385. The Morgan fingerprint density at radius 1 is 1.38 bits per heavy atom. The molecule has 21 heavy (non-hydrogen) atoms. The summed E-state index contributed by atoms with van der Waals surface area (Å²) in [5.74, 6) is -0.698. The summed E-state index contributed by atoms with van der Waals surface area (Å²) in [6, 6.07) is 8.41. The number of rotatable bonds is 5. The van der Waals surface area contributed by atoms with E-state index in [-0.39, 0.29) is 22.2 Å². The van der Waals surface area contributed by atoms with E-state index in [1.807, 2.05) is 0 Å². The third-order valence-corrected chi connectivity index (χ3v) is 2.98. The second kappa shape index (κ2) is 6.51. The minimum absolute atomic E-state index is 0.0442. The van der Waals surface area contributed by atoms with E-state index in [0.29, 0.717) is 12.1 Å². The average Bonchev–Trinajstić information content (AvgIpc) is 2.44. The molecule has 7 heteroatoms. The zero-order valence-electron chi connectivity index (χ0n) is 11.1. The molecular weight excluding hydrogens is 299 g/mol. The van der Waals surface area contributed by atoms with Crippen LogP contribution in [-0.4, -0.2) is 12.0 Å². The average molecular weight is 311 g/mol. The Labute approximate surface area is 125 Å². The Balaban J connectivity index is 2.45. The summed E-state index contributed by atoms with van der Waals surface area (Å²) in [4.78, 5) is 10.4. The van der Waals surface area contributed by atoms with Crippen LogP contribution in [0.25, 0.3) is 0 Å². The summed E-state index contributed by atoms with van der Waals surface area (Å²) < 4.78 is 19.3. The van der Waals surface area contributed by atoms with E-state index in [2.05, 4.69) is 5.32 Å². The van der Waals surface area contributed by atoms with Crippen molar-refractivity contribution in [2.24, 2.45) is 0 Å². The standard InChI is InChI=1S/C14H12ClFN2O3/c1-17-8-9-3-2-4-11(16)14(9)21-13-6-5-10(15)7-12(13)18(19)20/h2-7,17H,8H2,1H3. The lowest BCUT2D eigenvalue weighted by Gasteiger charge is -2.12. The van der Waals surface area contributed by atoms with Crippen molar-refractivity contribution in [3.8, 4) is 11.5 Å². The lowest BCUT2D eigenvalue weighted by atomic mass is 10.2. The Morgan fingerprint density at radius 2 is 2.14 bits per heavy atom. The predicted octanol–water partition coefficient (Wildman–Crippen LogP) is 3.90. The van der Waals surface area contributed by atoms with Gasteiger partial charge in [0.25, 0.3) is 0 Å². The molecule has 0 amide bonds. The van der Waals surface area contributed by atoms with Crippen LogP contribution in [-0.2, 0) is 6.54 Å². The van der Waals surface area contributed by atoms with Gasteiger partial charge in [-0.25, -0.2) is 4.39 Å². The molecule has 2 rings (SSSR count). The second-order valence-corrected chi connectivity index (χ2v) is 4.67. The number of halogens is 2. The van der Waals surface area contributed by atoms with Crippen molar-refractivity contribution in [1.82, 2.24) is 5.32 Å². The zero-order valence-corrected chi connectivity index (χ0v) is 11.9. The molecule has 0 unspecified atom stereocenters. The number of benzene rings is 2. The minimum atomic E-state index is -0.625. The molecule has 110 valence electrons. The number of hydrogen-bond acceptors (Lipinski definition) is 4. The van der Waals surface area contributed by atoms with Crippen molar-refractivity contribution < 1.29 is 14.1 Å². The van der Waals surface area contributed by atoms with Gasteiger partial charge in [-0.3, -0.25) is 10.1 Å². The van der Waals surface area contributed by atoms with Crippen LogP contribution in [0.1, 0.15) is 5.56 Å². The van der Waals surface area contributed by atoms with Crippen LogP contribution >= 0.6 is 11.6 Å². The molecule has 0 aliphatic rings. The zero-order chi connectivity index (χ0) is 15.4. The fourth-order valence-electron chi connectivity index (χ4n) is 1.83. The van der Waals surface area contributed by atoms with E-state index >= 15 is 0 Å². The smallest absolute Gasteiger partial charge is 0.313 e. The highest BCUT2D eigenvalue weighted by atomic mass is 35.5. The Bertz CT molecular complexity index is 679. The van der Waals surface area contributed by atoms with E-state index in [0.717, 1.165) is 6.07 Å². The van der Waals surface area contributed by atoms with Crippen molar-refractivity contribution in [3.05, 3.63) is 62.9 Å². The fraction of sp³-hybridized carbons (Fsp3) is 0.143. The minimum Gasteiger partial charge on any atom is -0.447 e. The maximum absolute atomic E-state index is 13.9. The van der Waals surface area contributed by atoms with Crippen LogP contribution in [0.15, 0.2) is 36.4 Å². The first-order valence-corrected chi connectivity index (χ1v) is 6.44. The van der Waals surface area contributed by atoms with Gasteiger partial charge in [-0.05, 0) is 25.2 Å². The van der Waals surface area contributed by atoms with Crippen molar-refractivity contribution in [3.63, 3.8) is 0 Å². The molecule has 0 saturated carbocycles. The van der Waals surface area contributed by atoms with Gasteiger partial charge in [0.05, 0.1) is 4.92 Å². The number of hydrogen-bond donors (Lipinski definition) is 1. The lowest BCUT2D eigenvalue weighted by Crippen LogP contribution is -2.07. The largest absolute Gasteiger partial charge is 0.447 e. The number of nitro benzene ring substituents is 1. The fourth-order valence-corrected chi connectivity index (χ4v) is 1.99. The maximum Gasteiger partial charge on any atom is 0.313 e. The van der Waals surface area contributed by atoms with Gasteiger partial charge >= 0.3 is 5.69 Å². The summed E-state index contributed by atoms with van der Waals surface area (Å²) in [5, 5.41) is 14.1. The van der Waals surface area contributed by atoms with Crippen molar-refractivity contribution in [2.75, 3.05) is 7.05 Å². The molecule has 2 aromatic carbocycles. The van der Waals surface area contributed by atoms with Gasteiger partial charge < -0.3 is 10.1 Å². The third-order valence-electron chi connectivity index (χ3n) is 2.75. The van der Waals surface area contributed by atoms with Crippen LogP contribution in [0.5, 0.6) is 11.5 Å². The summed E-state index contributed by atoms with van der Waals surface area (Å²) in [6.45, 7) is 0.370. The maximum atomic E-state index is 13.9. The van der Waals surface area contributed by atoms with E-state index in [1.165, 1.54) is 18.2 Å². The number of ether oxygens (including phenoxy) is 1. The Kier molecular flexibility index (Phi) is 4.72. The van der Waals surface area contributed by atoms with Crippen LogP contribution in [0.3, 0.4) is 0 Å².